The number of carboxylic acids is 1. The Kier molecular flexibility index (Phi) is 3.51. The molecule has 0 saturated carbocycles. The van der Waals surface area contributed by atoms with Gasteiger partial charge in [0.15, 0.2) is 12.1 Å². The third-order valence-corrected chi connectivity index (χ3v) is 3.54. The second-order valence-corrected chi connectivity index (χ2v) is 4.76. The van der Waals surface area contributed by atoms with Gasteiger partial charge in [0.05, 0.1) is 10.7 Å². The second-order valence-electron chi connectivity index (χ2n) is 3.75. The Morgan fingerprint density at radius 2 is 2.06 bits per heavy atom. The summed E-state index contributed by atoms with van der Waals surface area (Å²) in [7, 11) is 0. The lowest BCUT2D eigenvalue weighted by Gasteiger charge is -2.07. The Morgan fingerprint density at radius 1 is 1.33 bits per heavy atom. The zero-order valence-electron chi connectivity index (χ0n) is 9.16. The number of carbonyl (C=O) groups excluding carboxylic acids is 1. The van der Waals surface area contributed by atoms with E-state index in [4.69, 9.17) is 15.3 Å². The molecule has 1 aliphatic heterocycles. The Balaban J connectivity index is 2.56. The SMILES string of the molecule is O=C(O)C1=Cc2cc(C(O)O)ccc2C(=O)CS1. The minimum absolute atomic E-state index is 0.0617. The molecule has 0 amide bonds. The van der Waals surface area contributed by atoms with Crippen LogP contribution < -0.4 is 0 Å². The van der Waals surface area contributed by atoms with Crippen molar-refractivity contribution in [2.45, 2.75) is 6.29 Å². The zero-order valence-corrected chi connectivity index (χ0v) is 9.98. The van der Waals surface area contributed by atoms with Crippen molar-refractivity contribution in [2.75, 3.05) is 5.75 Å². The first kappa shape index (κ1) is 12.8. The van der Waals surface area contributed by atoms with E-state index in [1.807, 2.05) is 0 Å². The van der Waals surface area contributed by atoms with Crippen molar-refractivity contribution in [3.8, 4) is 0 Å². The summed E-state index contributed by atoms with van der Waals surface area (Å²) in [6.45, 7) is 0. The molecule has 0 fully saturated rings. The number of Topliss-reactive ketones (excluding diaryl/α,β-unsaturated/α-hetero) is 1. The summed E-state index contributed by atoms with van der Waals surface area (Å²) in [5.74, 6) is -1.22. The Bertz CT molecular complexity index is 547. The van der Waals surface area contributed by atoms with Crippen LogP contribution in [0.5, 0.6) is 0 Å². The van der Waals surface area contributed by atoms with E-state index < -0.39 is 12.3 Å². The number of ketones is 1. The van der Waals surface area contributed by atoms with Gasteiger partial charge in [-0.15, -0.1) is 11.8 Å². The molecule has 1 aromatic rings. The number of hydrogen-bond acceptors (Lipinski definition) is 5. The lowest BCUT2D eigenvalue weighted by molar-refractivity contribution is -0.131. The van der Waals surface area contributed by atoms with Gasteiger partial charge in [-0.2, -0.15) is 0 Å². The van der Waals surface area contributed by atoms with Crippen LogP contribution >= 0.6 is 11.8 Å². The molecule has 18 heavy (non-hydrogen) atoms. The summed E-state index contributed by atoms with van der Waals surface area (Å²) >= 11 is 0.958. The number of benzene rings is 1. The Hall–Kier alpha value is -1.63. The van der Waals surface area contributed by atoms with Gasteiger partial charge in [-0.3, -0.25) is 4.79 Å². The summed E-state index contributed by atoms with van der Waals surface area (Å²) < 4.78 is 0. The molecule has 0 atom stereocenters. The summed E-state index contributed by atoms with van der Waals surface area (Å²) in [5, 5.41) is 27.1. The molecule has 1 aliphatic rings. The van der Waals surface area contributed by atoms with Gasteiger partial charge in [-0.1, -0.05) is 12.1 Å². The van der Waals surface area contributed by atoms with Crippen LogP contribution in [0.25, 0.3) is 6.08 Å². The molecule has 3 N–H and O–H groups in total. The Morgan fingerprint density at radius 3 is 2.67 bits per heavy atom. The van der Waals surface area contributed by atoms with Gasteiger partial charge in [0.1, 0.15) is 0 Å². The fraction of sp³-hybridized carbons (Fsp3) is 0.167. The van der Waals surface area contributed by atoms with E-state index in [-0.39, 0.29) is 22.0 Å². The Labute approximate surface area is 107 Å². The molecule has 94 valence electrons. The number of aliphatic hydroxyl groups is 2. The van der Waals surface area contributed by atoms with Gasteiger partial charge < -0.3 is 15.3 Å². The molecule has 0 aliphatic carbocycles. The first-order chi connectivity index (χ1) is 8.49. The van der Waals surface area contributed by atoms with E-state index in [9.17, 15) is 9.59 Å². The molecule has 1 aromatic carbocycles. The van der Waals surface area contributed by atoms with Crippen molar-refractivity contribution >= 4 is 29.6 Å². The maximum atomic E-state index is 11.8. The molecule has 2 rings (SSSR count). The molecular formula is C12H10O5S. The number of hydrogen-bond donors (Lipinski definition) is 3. The highest BCUT2D eigenvalue weighted by molar-refractivity contribution is 8.04. The topological polar surface area (TPSA) is 94.8 Å². The summed E-state index contributed by atoms with van der Waals surface area (Å²) in [5.41, 5.74) is 1.01. The third kappa shape index (κ3) is 2.45. The minimum atomic E-state index is -1.65. The summed E-state index contributed by atoms with van der Waals surface area (Å²) in [4.78, 5) is 22.8. The van der Waals surface area contributed by atoms with Crippen LogP contribution in [-0.2, 0) is 4.79 Å². The average Bonchev–Trinajstić information content (AvgIpc) is 2.48. The van der Waals surface area contributed by atoms with Gasteiger partial charge in [0, 0.05) is 11.1 Å². The van der Waals surface area contributed by atoms with Crippen LogP contribution in [0, 0.1) is 0 Å². The fourth-order valence-electron chi connectivity index (χ4n) is 1.64. The number of fused-ring (bicyclic) bond motifs is 1. The van der Waals surface area contributed by atoms with Crippen molar-refractivity contribution in [1.82, 2.24) is 0 Å². The molecule has 6 heteroatoms. The fourth-order valence-corrected chi connectivity index (χ4v) is 2.42. The predicted molar refractivity (Wildman–Crippen MR) is 66.0 cm³/mol. The number of carbonyl (C=O) groups is 2. The molecule has 1 heterocycles. The smallest absolute Gasteiger partial charge is 0.342 e. The van der Waals surface area contributed by atoms with E-state index in [2.05, 4.69) is 0 Å². The van der Waals surface area contributed by atoms with Gasteiger partial charge in [-0.25, -0.2) is 4.79 Å². The van der Waals surface area contributed by atoms with Crippen LogP contribution in [0.15, 0.2) is 23.1 Å². The highest BCUT2D eigenvalue weighted by atomic mass is 32.2. The van der Waals surface area contributed by atoms with E-state index >= 15 is 0 Å². The predicted octanol–water partition coefficient (Wildman–Crippen LogP) is 1.02. The van der Waals surface area contributed by atoms with Crippen molar-refractivity contribution in [2.24, 2.45) is 0 Å². The van der Waals surface area contributed by atoms with Gasteiger partial charge in [-0.05, 0) is 17.7 Å². The maximum absolute atomic E-state index is 11.8. The van der Waals surface area contributed by atoms with Crippen LogP contribution in [0.4, 0.5) is 0 Å². The minimum Gasteiger partial charge on any atom is -0.477 e. The summed E-state index contributed by atoms with van der Waals surface area (Å²) in [6.07, 6.45) is -0.276. The number of aliphatic carboxylic acids is 1. The van der Waals surface area contributed by atoms with Crippen molar-refractivity contribution in [3.63, 3.8) is 0 Å². The second kappa shape index (κ2) is 4.93. The third-order valence-electron chi connectivity index (χ3n) is 2.53. The largest absolute Gasteiger partial charge is 0.477 e. The highest BCUT2D eigenvalue weighted by Gasteiger charge is 2.20. The highest BCUT2D eigenvalue weighted by Crippen LogP contribution is 2.28. The van der Waals surface area contributed by atoms with Crippen LogP contribution in [0.2, 0.25) is 0 Å². The molecule has 0 saturated heterocycles. The number of carboxylic acid groups (broad SMARTS) is 1. The van der Waals surface area contributed by atoms with Crippen molar-refractivity contribution in [1.29, 1.82) is 0 Å². The molecular weight excluding hydrogens is 256 g/mol. The zero-order chi connectivity index (χ0) is 13.3. The molecule has 0 aromatic heterocycles. The van der Waals surface area contributed by atoms with E-state index in [0.29, 0.717) is 11.1 Å². The quantitative estimate of drug-likeness (QED) is 0.692. The first-order valence-corrected chi connectivity index (χ1v) is 6.08. The molecule has 0 spiro atoms. The van der Waals surface area contributed by atoms with Crippen LogP contribution in [0.1, 0.15) is 27.8 Å². The molecule has 0 radical (unpaired) electrons. The van der Waals surface area contributed by atoms with E-state index in [0.717, 1.165) is 11.8 Å². The van der Waals surface area contributed by atoms with E-state index in [1.54, 1.807) is 0 Å². The van der Waals surface area contributed by atoms with Crippen LogP contribution in [-0.4, -0.2) is 32.8 Å². The van der Waals surface area contributed by atoms with Gasteiger partial charge in [0.25, 0.3) is 0 Å². The van der Waals surface area contributed by atoms with Crippen LogP contribution in [0.3, 0.4) is 0 Å². The lowest BCUT2D eigenvalue weighted by Crippen LogP contribution is -2.05. The first-order valence-electron chi connectivity index (χ1n) is 5.10. The normalized spacial score (nSPS) is 15.1. The van der Waals surface area contributed by atoms with Gasteiger partial charge in [0.2, 0.25) is 0 Å². The number of aliphatic hydroxyl groups excluding tert-OH is 1. The van der Waals surface area contributed by atoms with E-state index in [1.165, 1.54) is 24.3 Å². The van der Waals surface area contributed by atoms with Crippen molar-refractivity contribution in [3.05, 3.63) is 39.8 Å². The average molecular weight is 266 g/mol. The number of rotatable bonds is 2. The maximum Gasteiger partial charge on any atom is 0.342 e. The molecule has 0 unspecified atom stereocenters. The lowest BCUT2D eigenvalue weighted by atomic mass is 10.0. The summed E-state index contributed by atoms with van der Waals surface area (Å²) in [6, 6.07) is 4.33. The monoisotopic (exact) mass is 266 g/mol. The standard InChI is InChI=1S/C12H10O5S/c13-9-5-18-10(12(16)17)4-7-3-6(11(14)15)1-2-8(7)9/h1-4,11,14-15H,5H2,(H,16,17). The molecule has 5 nitrogen and oxygen atoms in total. The number of thioether (sulfide) groups is 1. The molecule has 0 bridgehead atoms. The van der Waals surface area contributed by atoms with Gasteiger partial charge >= 0.3 is 5.97 Å². The van der Waals surface area contributed by atoms with Crippen molar-refractivity contribution < 1.29 is 24.9 Å².